The first kappa shape index (κ1) is 15.1. The summed E-state index contributed by atoms with van der Waals surface area (Å²) in [6.45, 7) is 5.67. The summed E-state index contributed by atoms with van der Waals surface area (Å²) in [4.78, 5) is 27.1. The molecule has 104 valence electrons. The molecule has 2 N–H and O–H groups in total. The van der Waals surface area contributed by atoms with E-state index in [9.17, 15) is 9.59 Å². The molecule has 0 aromatic carbocycles. The molecule has 19 heavy (non-hydrogen) atoms. The summed E-state index contributed by atoms with van der Waals surface area (Å²) in [5.74, 6) is -1.59. The molecule has 5 heteroatoms. The minimum Gasteiger partial charge on any atom is -0.480 e. The topological polar surface area (TPSA) is 79.3 Å². The average molecular weight is 264 g/mol. The molecule has 1 aromatic heterocycles. The number of aliphatic carboxylic acids is 1. The number of rotatable bonds is 6. The molecule has 1 aromatic rings. The number of aryl methyl sites for hydroxylation is 1. The van der Waals surface area contributed by atoms with Crippen molar-refractivity contribution in [3.8, 4) is 0 Å². The van der Waals surface area contributed by atoms with Crippen molar-refractivity contribution in [3.05, 3.63) is 29.6 Å². The Balaban J connectivity index is 2.84. The van der Waals surface area contributed by atoms with Gasteiger partial charge in [-0.15, -0.1) is 0 Å². The lowest BCUT2D eigenvalue weighted by Gasteiger charge is -2.19. The quantitative estimate of drug-likeness (QED) is 0.822. The van der Waals surface area contributed by atoms with Crippen LogP contribution in [0.3, 0.4) is 0 Å². The maximum Gasteiger partial charge on any atom is 0.326 e. The maximum atomic E-state index is 12.0. The molecule has 0 radical (unpaired) electrons. The van der Waals surface area contributed by atoms with E-state index in [2.05, 4.69) is 10.3 Å². The van der Waals surface area contributed by atoms with E-state index in [0.29, 0.717) is 6.42 Å². The van der Waals surface area contributed by atoms with Crippen LogP contribution in [0.1, 0.15) is 43.2 Å². The van der Waals surface area contributed by atoms with E-state index in [-0.39, 0.29) is 11.6 Å². The number of pyridine rings is 1. The fraction of sp³-hybridized carbons (Fsp3) is 0.500. The Morgan fingerprint density at radius 1 is 1.42 bits per heavy atom. The van der Waals surface area contributed by atoms with Gasteiger partial charge in [0, 0.05) is 6.20 Å². The van der Waals surface area contributed by atoms with Gasteiger partial charge < -0.3 is 10.4 Å². The van der Waals surface area contributed by atoms with E-state index < -0.39 is 17.9 Å². The van der Waals surface area contributed by atoms with Gasteiger partial charge in [0.15, 0.2) is 0 Å². The number of nitrogens with zero attached hydrogens (tertiary/aromatic N) is 1. The Morgan fingerprint density at radius 3 is 2.63 bits per heavy atom. The van der Waals surface area contributed by atoms with Crippen molar-refractivity contribution in [3.63, 3.8) is 0 Å². The molecule has 5 nitrogen and oxygen atoms in total. The van der Waals surface area contributed by atoms with Gasteiger partial charge in [-0.2, -0.15) is 0 Å². The van der Waals surface area contributed by atoms with Gasteiger partial charge in [0.2, 0.25) is 0 Å². The first-order valence-electron chi connectivity index (χ1n) is 6.48. The van der Waals surface area contributed by atoms with Crippen molar-refractivity contribution in [1.29, 1.82) is 0 Å². The number of carbonyl (C=O) groups is 2. The highest BCUT2D eigenvalue weighted by atomic mass is 16.4. The SMILES string of the molecule is CCc1ccnc(C(=O)N[C@H](C(=O)O)[C@@H](C)CC)c1. The molecule has 0 fully saturated rings. The van der Waals surface area contributed by atoms with E-state index >= 15 is 0 Å². The summed E-state index contributed by atoms with van der Waals surface area (Å²) < 4.78 is 0. The van der Waals surface area contributed by atoms with Crippen molar-refractivity contribution in [2.45, 2.75) is 39.7 Å². The Labute approximate surface area is 113 Å². The predicted octanol–water partition coefficient (Wildman–Crippen LogP) is 1.87. The maximum absolute atomic E-state index is 12.0. The minimum absolute atomic E-state index is 0.129. The molecule has 0 saturated carbocycles. The summed E-state index contributed by atoms with van der Waals surface area (Å²) in [5.41, 5.74) is 1.25. The minimum atomic E-state index is -1.02. The van der Waals surface area contributed by atoms with E-state index in [0.717, 1.165) is 12.0 Å². The lowest BCUT2D eigenvalue weighted by molar-refractivity contribution is -0.140. The average Bonchev–Trinajstić information content (AvgIpc) is 2.43. The Hall–Kier alpha value is -1.91. The third kappa shape index (κ3) is 4.05. The van der Waals surface area contributed by atoms with Crippen molar-refractivity contribution >= 4 is 11.9 Å². The second-order valence-electron chi connectivity index (χ2n) is 4.58. The summed E-state index contributed by atoms with van der Waals surface area (Å²) in [7, 11) is 0. The Morgan fingerprint density at radius 2 is 2.11 bits per heavy atom. The largest absolute Gasteiger partial charge is 0.480 e. The predicted molar refractivity (Wildman–Crippen MR) is 72.0 cm³/mol. The van der Waals surface area contributed by atoms with Crippen LogP contribution in [0.5, 0.6) is 0 Å². The van der Waals surface area contributed by atoms with E-state index in [1.807, 2.05) is 19.9 Å². The van der Waals surface area contributed by atoms with Gasteiger partial charge in [-0.25, -0.2) is 4.79 Å². The molecule has 0 aliphatic heterocycles. The normalized spacial score (nSPS) is 13.6. The smallest absolute Gasteiger partial charge is 0.326 e. The highest BCUT2D eigenvalue weighted by Crippen LogP contribution is 2.09. The highest BCUT2D eigenvalue weighted by molar-refractivity contribution is 5.95. The molecule has 0 aliphatic rings. The molecular formula is C14H20N2O3. The zero-order chi connectivity index (χ0) is 14.4. The zero-order valence-corrected chi connectivity index (χ0v) is 11.5. The van der Waals surface area contributed by atoms with Gasteiger partial charge in [0.1, 0.15) is 11.7 Å². The van der Waals surface area contributed by atoms with Gasteiger partial charge in [-0.05, 0) is 30.0 Å². The zero-order valence-electron chi connectivity index (χ0n) is 11.5. The van der Waals surface area contributed by atoms with E-state index in [1.54, 1.807) is 19.2 Å². The standard InChI is InChI=1S/C14H20N2O3/c1-4-9(3)12(14(18)19)16-13(17)11-8-10(5-2)6-7-15-11/h6-9,12H,4-5H2,1-3H3,(H,16,17)(H,18,19)/t9-,12-/m0/s1. The van der Waals surface area contributed by atoms with Crippen molar-refractivity contribution in [2.75, 3.05) is 0 Å². The van der Waals surface area contributed by atoms with Crippen LogP contribution in [0.4, 0.5) is 0 Å². The first-order chi connectivity index (χ1) is 8.99. The number of nitrogens with one attached hydrogen (secondary N) is 1. The lowest BCUT2D eigenvalue weighted by atomic mass is 9.99. The van der Waals surface area contributed by atoms with Crippen LogP contribution in [-0.4, -0.2) is 28.0 Å². The van der Waals surface area contributed by atoms with Crippen LogP contribution in [-0.2, 0) is 11.2 Å². The third-order valence-corrected chi connectivity index (χ3v) is 3.23. The van der Waals surface area contributed by atoms with Crippen LogP contribution < -0.4 is 5.32 Å². The molecular weight excluding hydrogens is 244 g/mol. The van der Waals surface area contributed by atoms with E-state index in [1.165, 1.54) is 0 Å². The van der Waals surface area contributed by atoms with Gasteiger partial charge in [0.05, 0.1) is 0 Å². The number of carboxylic acid groups (broad SMARTS) is 1. The number of amides is 1. The van der Waals surface area contributed by atoms with Crippen LogP contribution in [0.2, 0.25) is 0 Å². The first-order valence-corrected chi connectivity index (χ1v) is 6.48. The van der Waals surface area contributed by atoms with Crippen LogP contribution in [0.15, 0.2) is 18.3 Å². The van der Waals surface area contributed by atoms with Crippen LogP contribution in [0.25, 0.3) is 0 Å². The third-order valence-electron chi connectivity index (χ3n) is 3.23. The number of aromatic nitrogens is 1. The van der Waals surface area contributed by atoms with Crippen LogP contribution in [0, 0.1) is 5.92 Å². The van der Waals surface area contributed by atoms with Gasteiger partial charge >= 0.3 is 5.97 Å². The molecule has 1 rings (SSSR count). The number of hydrogen-bond donors (Lipinski definition) is 2. The summed E-state index contributed by atoms with van der Waals surface area (Å²) in [6.07, 6.45) is 3.04. The van der Waals surface area contributed by atoms with Gasteiger partial charge in [-0.1, -0.05) is 27.2 Å². The highest BCUT2D eigenvalue weighted by Gasteiger charge is 2.26. The second-order valence-corrected chi connectivity index (χ2v) is 4.58. The number of hydrogen-bond acceptors (Lipinski definition) is 3. The van der Waals surface area contributed by atoms with Crippen molar-refractivity contribution < 1.29 is 14.7 Å². The fourth-order valence-corrected chi connectivity index (χ4v) is 1.72. The molecule has 0 aliphatic carbocycles. The molecule has 1 amide bonds. The lowest BCUT2D eigenvalue weighted by Crippen LogP contribution is -2.45. The Kier molecular flexibility index (Phi) is 5.48. The van der Waals surface area contributed by atoms with Gasteiger partial charge in [0.25, 0.3) is 5.91 Å². The molecule has 0 bridgehead atoms. The summed E-state index contributed by atoms with van der Waals surface area (Å²) in [5, 5.41) is 11.7. The molecule has 0 saturated heterocycles. The van der Waals surface area contributed by atoms with Crippen LogP contribution >= 0.6 is 0 Å². The summed E-state index contributed by atoms with van der Waals surface area (Å²) in [6, 6.07) is 2.63. The van der Waals surface area contributed by atoms with Gasteiger partial charge in [-0.3, -0.25) is 9.78 Å². The molecule has 0 unspecified atom stereocenters. The van der Waals surface area contributed by atoms with E-state index in [4.69, 9.17) is 5.11 Å². The fourth-order valence-electron chi connectivity index (χ4n) is 1.72. The number of carboxylic acids is 1. The summed E-state index contributed by atoms with van der Waals surface area (Å²) >= 11 is 0. The second kappa shape index (κ2) is 6.87. The monoisotopic (exact) mass is 264 g/mol. The van der Waals surface area contributed by atoms with Crippen molar-refractivity contribution in [1.82, 2.24) is 10.3 Å². The number of carbonyl (C=O) groups excluding carboxylic acids is 1. The van der Waals surface area contributed by atoms with Crippen molar-refractivity contribution in [2.24, 2.45) is 5.92 Å². The molecule has 1 heterocycles. The molecule has 0 spiro atoms. The molecule has 2 atom stereocenters. The Bertz CT molecular complexity index is 460.